The zero-order valence-electron chi connectivity index (χ0n) is 10.0. The summed E-state index contributed by atoms with van der Waals surface area (Å²) in [6, 6.07) is 5.14. The number of hydrogen-bond donors (Lipinski definition) is 1. The normalized spacial score (nSPS) is 11.5. The summed E-state index contributed by atoms with van der Waals surface area (Å²) in [5.41, 5.74) is 2.02. The number of hydrogen-bond acceptors (Lipinski definition) is 1. The van der Waals surface area contributed by atoms with Gasteiger partial charge in [-0.15, -0.1) is 0 Å². The van der Waals surface area contributed by atoms with E-state index < -0.39 is 0 Å². The first-order valence-corrected chi connectivity index (χ1v) is 5.38. The minimum absolute atomic E-state index is 0.142. The molecular weight excluding hydrogens is 189 g/mol. The molecule has 0 saturated carbocycles. The van der Waals surface area contributed by atoms with Gasteiger partial charge in [0, 0.05) is 12.2 Å². The van der Waals surface area contributed by atoms with Crippen LogP contribution in [0.2, 0.25) is 0 Å². The van der Waals surface area contributed by atoms with E-state index in [9.17, 15) is 4.39 Å². The molecule has 1 aromatic carbocycles. The van der Waals surface area contributed by atoms with E-state index in [0.29, 0.717) is 11.0 Å². The summed E-state index contributed by atoms with van der Waals surface area (Å²) < 4.78 is 13.0. The Morgan fingerprint density at radius 2 is 1.93 bits per heavy atom. The molecule has 0 spiro atoms. The summed E-state index contributed by atoms with van der Waals surface area (Å²) in [5.74, 6) is -0.142. The van der Waals surface area contributed by atoms with Crippen molar-refractivity contribution in [1.82, 2.24) is 0 Å². The molecule has 15 heavy (non-hydrogen) atoms. The van der Waals surface area contributed by atoms with Crippen molar-refractivity contribution in [1.29, 1.82) is 0 Å². The van der Waals surface area contributed by atoms with Crippen molar-refractivity contribution in [3.8, 4) is 0 Å². The van der Waals surface area contributed by atoms with Crippen LogP contribution in [-0.2, 0) is 0 Å². The molecule has 0 unspecified atom stereocenters. The van der Waals surface area contributed by atoms with Crippen LogP contribution in [0.1, 0.15) is 32.8 Å². The van der Waals surface area contributed by atoms with Gasteiger partial charge in [0.25, 0.3) is 0 Å². The molecule has 0 amide bonds. The number of rotatable bonds is 3. The van der Waals surface area contributed by atoms with E-state index in [-0.39, 0.29) is 5.82 Å². The highest BCUT2D eigenvalue weighted by Crippen LogP contribution is 2.19. The quantitative estimate of drug-likeness (QED) is 0.794. The predicted molar refractivity (Wildman–Crippen MR) is 63.7 cm³/mol. The molecule has 0 saturated heterocycles. The second-order valence-corrected chi connectivity index (χ2v) is 5.20. The second kappa shape index (κ2) is 4.65. The predicted octanol–water partition coefficient (Wildman–Crippen LogP) is 3.98. The molecule has 0 aliphatic heterocycles. The van der Waals surface area contributed by atoms with Crippen LogP contribution in [0.4, 0.5) is 10.1 Å². The summed E-state index contributed by atoms with van der Waals surface area (Å²) in [4.78, 5) is 0. The molecule has 2 heteroatoms. The van der Waals surface area contributed by atoms with E-state index in [1.807, 2.05) is 6.07 Å². The lowest BCUT2D eigenvalue weighted by atomic mass is 9.92. The van der Waals surface area contributed by atoms with Crippen LogP contribution in [0.25, 0.3) is 0 Å². The first-order chi connectivity index (χ1) is 6.88. The maximum absolute atomic E-state index is 13.0. The van der Waals surface area contributed by atoms with Crippen molar-refractivity contribution >= 4 is 5.69 Å². The molecule has 1 N–H and O–H groups in total. The average molecular weight is 209 g/mol. The third kappa shape index (κ3) is 4.32. The smallest absolute Gasteiger partial charge is 0.126 e. The van der Waals surface area contributed by atoms with Crippen LogP contribution in [0.3, 0.4) is 0 Å². The molecule has 0 fully saturated rings. The minimum Gasteiger partial charge on any atom is -0.385 e. The fourth-order valence-corrected chi connectivity index (χ4v) is 1.34. The van der Waals surface area contributed by atoms with E-state index in [0.717, 1.165) is 18.7 Å². The average Bonchev–Trinajstić information content (AvgIpc) is 2.09. The van der Waals surface area contributed by atoms with Crippen molar-refractivity contribution in [3.05, 3.63) is 29.6 Å². The van der Waals surface area contributed by atoms with Crippen molar-refractivity contribution in [2.24, 2.45) is 5.41 Å². The highest BCUT2D eigenvalue weighted by atomic mass is 19.1. The first-order valence-electron chi connectivity index (χ1n) is 5.38. The Labute approximate surface area is 91.7 Å². The van der Waals surface area contributed by atoms with E-state index in [1.165, 1.54) is 6.07 Å². The molecule has 0 radical (unpaired) electrons. The van der Waals surface area contributed by atoms with Crippen molar-refractivity contribution < 1.29 is 4.39 Å². The van der Waals surface area contributed by atoms with Crippen molar-refractivity contribution in [2.45, 2.75) is 34.1 Å². The van der Waals surface area contributed by atoms with Gasteiger partial charge in [0.1, 0.15) is 5.82 Å². The molecular formula is C13H20FN. The van der Waals surface area contributed by atoms with Gasteiger partial charge in [-0.05, 0) is 42.5 Å². The van der Waals surface area contributed by atoms with Crippen LogP contribution in [0.5, 0.6) is 0 Å². The number of nitrogens with one attached hydrogen (secondary N) is 1. The van der Waals surface area contributed by atoms with Gasteiger partial charge in [-0.3, -0.25) is 0 Å². The lowest BCUT2D eigenvalue weighted by molar-refractivity contribution is 0.390. The van der Waals surface area contributed by atoms with E-state index in [4.69, 9.17) is 0 Å². The summed E-state index contributed by atoms with van der Waals surface area (Å²) in [6.45, 7) is 9.35. The van der Waals surface area contributed by atoms with Gasteiger partial charge in [-0.2, -0.15) is 0 Å². The third-order valence-corrected chi connectivity index (χ3v) is 2.36. The molecule has 0 bridgehead atoms. The van der Waals surface area contributed by atoms with E-state index in [2.05, 4.69) is 26.1 Å². The van der Waals surface area contributed by atoms with E-state index >= 15 is 0 Å². The molecule has 0 atom stereocenters. The summed E-state index contributed by atoms with van der Waals surface area (Å²) in [5, 5.41) is 3.30. The van der Waals surface area contributed by atoms with Gasteiger partial charge in [0.05, 0.1) is 0 Å². The summed E-state index contributed by atoms with van der Waals surface area (Å²) in [6.07, 6.45) is 1.10. The largest absolute Gasteiger partial charge is 0.385 e. The molecule has 0 aliphatic rings. The Bertz CT molecular complexity index is 326. The number of benzene rings is 1. The number of halogens is 1. The van der Waals surface area contributed by atoms with Crippen LogP contribution < -0.4 is 5.32 Å². The van der Waals surface area contributed by atoms with Gasteiger partial charge >= 0.3 is 0 Å². The zero-order valence-corrected chi connectivity index (χ0v) is 10.0. The summed E-state index contributed by atoms with van der Waals surface area (Å²) in [7, 11) is 0. The third-order valence-electron chi connectivity index (χ3n) is 2.36. The summed E-state index contributed by atoms with van der Waals surface area (Å²) >= 11 is 0. The number of anilines is 1. The topological polar surface area (TPSA) is 12.0 Å². The zero-order chi connectivity index (χ0) is 11.5. The van der Waals surface area contributed by atoms with Crippen LogP contribution in [-0.4, -0.2) is 6.54 Å². The molecule has 1 rings (SSSR count). The lowest BCUT2D eigenvalue weighted by Gasteiger charge is -2.18. The molecule has 0 aliphatic carbocycles. The Morgan fingerprint density at radius 3 is 2.47 bits per heavy atom. The van der Waals surface area contributed by atoms with Gasteiger partial charge in [-0.25, -0.2) is 4.39 Å². The number of aryl methyl sites for hydroxylation is 1. The first kappa shape index (κ1) is 12.0. The highest BCUT2D eigenvalue weighted by Gasteiger charge is 2.09. The SMILES string of the molecule is Cc1cc(NCCC(C)(C)C)ccc1F. The molecule has 1 aromatic rings. The lowest BCUT2D eigenvalue weighted by Crippen LogP contribution is -2.12. The van der Waals surface area contributed by atoms with E-state index in [1.54, 1.807) is 13.0 Å². The standard InChI is InChI=1S/C13H20FN/c1-10-9-11(5-6-12(10)14)15-8-7-13(2,3)4/h5-6,9,15H,7-8H2,1-4H3. The van der Waals surface area contributed by atoms with Crippen LogP contribution in [0.15, 0.2) is 18.2 Å². The molecule has 1 nitrogen and oxygen atoms in total. The maximum Gasteiger partial charge on any atom is 0.126 e. The maximum atomic E-state index is 13.0. The minimum atomic E-state index is -0.142. The second-order valence-electron chi connectivity index (χ2n) is 5.20. The molecule has 0 heterocycles. The highest BCUT2D eigenvalue weighted by molar-refractivity contribution is 5.45. The Morgan fingerprint density at radius 1 is 1.27 bits per heavy atom. The molecule has 84 valence electrons. The molecule has 0 aromatic heterocycles. The monoisotopic (exact) mass is 209 g/mol. The van der Waals surface area contributed by atoms with Gasteiger partial charge < -0.3 is 5.32 Å². The fourth-order valence-electron chi connectivity index (χ4n) is 1.34. The van der Waals surface area contributed by atoms with Gasteiger partial charge in [0.15, 0.2) is 0 Å². The van der Waals surface area contributed by atoms with Crippen LogP contribution in [0, 0.1) is 18.2 Å². The van der Waals surface area contributed by atoms with Crippen molar-refractivity contribution in [3.63, 3.8) is 0 Å². The van der Waals surface area contributed by atoms with Crippen LogP contribution >= 0.6 is 0 Å². The Balaban J connectivity index is 2.48. The Hall–Kier alpha value is -1.05. The Kier molecular flexibility index (Phi) is 3.72. The fraction of sp³-hybridized carbons (Fsp3) is 0.538. The van der Waals surface area contributed by atoms with Crippen molar-refractivity contribution in [2.75, 3.05) is 11.9 Å². The van der Waals surface area contributed by atoms with Gasteiger partial charge in [-0.1, -0.05) is 20.8 Å². The van der Waals surface area contributed by atoms with Gasteiger partial charge in [0.2, 0.25) is 0 Å².